The third-order valence-corrected chi connectivity index (χ3v) is 6.85. The number of hydrogen-bond donors (Lipinski definition) is 0. The Hall–Kier alpha value is -2.75. The number of halogens is 3. The number of ether oxygens (including phenoxy) is 1. The number of nitrogens with zero attached hydrogens (tertiary/aromatic N) is 2. The second kappa shape index (κ2) is 6.65. The van der Waals surface area contributed by atoms with Crippen molar-refractivity contribution in [1.82, 2.24) is 0 Å². The zero-order chi connectivity index (χ0) is 21.0. The fourth-order valence-electron chi connectivity index (χ4n) is 3.90. The lowest BCUT2D eigenvalue weighted by molar-refractivity contribution is -0.137. The Morgan fingerprint density at radius 3 is 2.07 bits per heavy atom. The second-order valence-corrected chi connectivity index (χ2v) is 9.14. The van der Waals surface area contributed by atoms with Crippen LogP contribution in [0.15, 0.2) is 48.5 Å². The van der Waals surface area contributed by atoms with Crippen molar-refractivity contribution in [3.8, 4) is 5.75 Å². The van der Waals surface area contributed by atoms with Crippen LogP contribution >= 0.6 is 0 Å². The molecule has 0 bridgehead atoms. The van der Waals surface area contributed by atoms with Gasteiger partial charge in [-0.15, -0.1) is 0 Å². The van der Waals surface area contributed by atoms with Gasteiger partial charge in [-0.2, -0.15) is 13.2 Å². The fourth-order valence-corrected chi connectivity index (χ4v) is 5.82. The smallest absolute Gasteiger partial charge is 0.416 e. The Morgan fingerprint density at radius 2 is 1.52 bits per heavy atom. The van der Waals surface area contributed by atoms with E-state index in [-0.39, 0.29) is 17.2 Å². The number of fused-ring (bicyclic) bond motifs is 1. The Bertz CT molecular complexity index is 1070. The van der Waals surface area contributed by atoms with Crippen LogP contribution in [0.25, 0.3) is 0 Å². The van der Waals surface area contributed by atoms with Crippen molar-refractivity contribution in [3.05, 3.63) is 54.1 Å². The van der Waals surface area contributed by atoms with E-state index in [2.05, 4.69) is 0 Å². The molecular formula is C19H17F3N2O4S. The molecule has 2 aliphatic rings. The van der Waals surface area contributed by atoms with E-state index in [0.717, 1.165) is 17.0 Å². The summed E-state index contributed by atoms with van der Waals surface area (Å²) in [5, 5.41) is 0. The van der Waals surface area contributed by atoms with Gasteiger partial charge in [-0.1, -0.05) is 12.1 Å². The number of carbonyl (C=O) groups is 1. The highest BCUT2D eigenvalue weighted by Crippen LogP contribution is 2.40. The van der Waals surface area contributed by atoms with Crippen LogP contribution in [0.2, 0.25) is 0 Å². The van der Waals surface area contributed by atoms with Gasteiger partial charge >= 0.3 is 12.2 Å². The highest BCUT2D eigenvalue weighted by Gasteiger charge is 2.54. The molecule has 0 aliphatic carbocycles. The molecule has 0 unspecified atom stereocenters. The summed E-state index contributed by atoms with van der Waals surface area (Å²) in [5.74, 6) is -0.0823. The van der Waals surface area contributed by atoms with Gasteiger partial charge in [0, 0.05) is 17.4 Å². The molecule has 2 heterocycles. The maximum atomic E-state index is 13.2. The Morgan fingerprint density at radius 1 is 0.966 bits per heavy atom. The molecule has 2 aromatic rings. The van der Waals surface area contributed by atoms with Crippen LogP contribution in [0.5, 0.6) is 5.75 Å². The summed E-state index contributed by atoms with van der Waals surface area (Å²) >= 11 is 0. The van der Waals surface area contributed by atoms with Crippen molar-refractivity contribution in [2.24, 2.45) is 0 Å². The highest BCUT2D eigenvalue weighted by atomic mass is 32.2. The predicted molar refractivity (Wildman–Crippen MR) is 101 cm³/mol. The van der Waals surface area contributed by atoms with E-state index >= 15 is 0 Å². The average Bonchev–Trinajstić information content (AvgIpc) is 3.09. The van der Waals surface area contributed by atoms with Crippen molar-refractivity contribution in [1.29, 1.82) is 0 Å². The van der Waals surface area contributed by atoms with E-state index in [1.54, 1.807) is 24.3 Å². The summed E-state index contributed by atoms with van der Waals surface area (Å²) in [7, 11) is -1.99. The number of benzene rings is 2. The van der Waals surface area contributed by atoms with Gasteiger partial charge in [0.1, 0.15) is 5.75 Å². The summed E-state index contributed by atoms with van der Waals surface area (Å²) in [6.07, 6.45) is -4.58. The van der Waals surface area contributed by atoms with Crippen molar-refractivity contribution >= 4 is 27.2 Å². The fraction of sp³-hybridized carbons (Fsp3) is 0.316. The molecule has 2 atom stereocenters. The van der Waals surface area contributed by atoms with Crippen molar-refractivity contribution < 1.29 is 31.1 Å². The molecule has 2 fully saturated rings. The minimum absolute atomic E-state index is 0.0160. The van der Waals surface area contributed by atoms with Gasteiger partial charge in [0.15, 0.2) is 9.84 Å². The number of rotatable bonds is 3. The van der Waals surface area contributed by atoms with E-state index in [0.29, 0.717) is 11.4 Å². The summed E-state index contributed by atoms with van der Waals surface area (Å²) in [6.45, 7) is 0. The zero-order valence-corrected chi connectivity index (χ0v) is 16.1. The van der Waals surface area contributed by atoms with Gasteiger partial charge in [-0.3, -0.25) is 9.80 Å². The van der Waals surface area contributed by atoms with Gasteiger partial charge in [0.25, 0.3) is 0 Å². The number of methoxy groups -OCH3 is 1. The van der Waals surface area contributed by atoms with E-state index in [1.807, 2.05) is 0 Å². The van der Waals surface area contributed by atoms with E-state index < -0.39 is 39.7 Å². The largest absolute Gasteiger partial charge is 0.497 e. The molecule has 2 aliphatic heterocycles. The Balaban J connectivity index is 1.80. The number of amides is 2. The second-order valence-electron chi connectivity index (χ2n) is 6.98. The van der Waals surface area contributed by atoms with E-state index in [1.165, 1.54) is 24.1 Å². The monoisotopic (exact) mass is 426 g/mol. The zero-order valence-electron chi connectivity index (χ0n) is 15.3. The molecule has 0 spiro atoms. The van der Waals surface area contributed by atoms with Gasteiger partial charge in [0.05, 0.1) is 36.3 Å². The standard InChI is InChI=1S/C19H17F3N2O4S/c1-28-15-7-3-6-14(9-15)24-17-11-29(26,27)10-16(17)23(18(24)25)13-5-2-4-12(8-13)19(20,21)22/h2-9,16-17H,10-11H2,1H3/t16-,17+/m1/s1. The molecule has 29 heavy (non-hydrogen) atoms. The first kappa shape index (κ1) is 19.6. The molecule has 154 valence electrons. The average molecular weight is 426 g/mol. The van der Waals surface area contributed by atoms with Gasteiger partial charge in [-0.05, 0) is 30.3 Å². The van der Waals surface area contributed by atoms with Crippen LogP contribution in [0.3, 0.4) is 0 Å². The van der Waals surface area contributed by atoms with Crippen LogP contribution in [0.1, 0.15) is 5.56 Å². The maximum absolute atomic E-state index is 13.2. The summed E-state index contributed by atoms with van der Waals surface area (Å²) in [4.78, 5) is 15.7. The molecule has 0 N–H and O–H groups in total. The normalized spacial score (nSPS) is 23.4. The first-order valence-electron chi connectivity index (χ1n) is 8.75. The Labute approximate surface area is 165 Å². The third kappa shape index (κ3) is 3.41. The van der Waals surface area contributed by atoms with Crippen molar-refractivity contribution in [3.63, 3.8) is 0 Å². The van der Waals surface area contributed by atoms with Crippen LogP contribution in [-0.4, -0.2) is 45.1 Å². The molecule has 0 saturated carbocycles. The third-order valence-electron chi connectivity index (χ3n) is 5.15. The molecule has 2 amide bonds. The van der Waals surface area contributed by atoms with Crippen LogP contribution in [0.4, 0.5) is 29.3 Å². The minimum atomic E-state index is -4.58. The summed E-state index contributed by atoms with van der Waals surface area (Å²) in [5.41, 5.74) is -0.460. The topological polar surface area (TPSA) is 66.9 Å². The lowest BCUT2D eigenvalue weighted by atomic mass is 10.1. The summed E-state index contributed by atoms with van der Waals surface area (Å²) in [6, 6.07) is 8.89. The lowest BCUT2D eigenvalue weighted by Gasteiger charge is -2.23. The molecule has 6 nitrogen and oxygen atoms in total. The molecule has 4 rings (SSSR count). The quantitative estimate of drug-likeness (QED) is 0.707. The molecule has 0 aromatic heterocycles. The van der Waals surface area contributed by atoms with Crippen molar-refractivity contribution in [2.75, 3.05) is 28.4 Å². The van der Waals surface area contributed by atoms with Crippen LogP contribution in [0, 0.1) is 0 Å². The first-order chi connectivity index (χ1) is 13.6. The number of anilines is 2. The molecule has 10 heteroatoms. The van der Waals surface area contributed by atoms with Crippen molar-refractivity contribution in [2.45, 2.75) is 18.3 Å². The summed E-state index contributed by atoms with van der Waals surface area (Å²) < 4.78 is 69.2. The minimum Gasteiger partial charge on any atom is -0.497 e. The van der Waals surface area contributed by atoms with E-state index in [4.69, 9.17) is 4.74 Å². The number of urea groups is 1. The van der Waals surface area contributed by atoms with Gasteiger partial charge in [-0.25, -0.2) is 13.2 Å². The maximum Gasteiger partial charge on any atom is 0.416 e. The molecule has 0 radical (unpaired) electrons. The predicted octanol–water partition coefficient (Wildman–Crippen LogP) is 3.33. The number of alkyl halides is 3. The molecular weight excluding hydrogens is 409 g/mol. The van der Waals surface area contributed by atoms with E-state index in [9.17, 15) is 26.4 Å². The number of hydrogen-bond acceptors (Lipinski definition) is 4. The lowest BCUT2D eigenvalue weighted by Crippen LogP contribution is -2.38. The van der Waals surface area contributed by atoms with Gasteiger partial charge in [0.2, 0.25) is 0 Å². The number of sulfone groups is 1. The molecule has 2 aromatic carbocycles. The highest BCUT2D eigenvalue weighted by molar-refractivity contribution is 7.91. The first-order valence-corrected chi connectivity index (χ1v) is 10.6. The Kier molecular flexibility index (Phi) is 4.49. The SMILES string of the molecule is COc1cccc(N2C(=O)N(c3cccc(C(F)(F)F)c3)[C@@H]3CS(=O)(=O)C[C@@H]32)c1. The molecule has 2 saturated heterocycles. The van der Waals surface area contributed by atoms with Crippen LogP contribution in [-0.2, 0) is 16.0 Å². The van der Waals surface area contributed by atoms with Gasteiger partial charge < -0.3 is 4.74 Å². The number of carbonyl (C=O) groups excluding carboxylic acids is 1. The van der Waals surface area contributed by atoms with Crippen LogP contribution < -0.4 is 14.5 Å².